The number of rotatable bonds is 6. The molecule has 0 amide bonds. The van der Waals surface area contributed by atoms with E-state index in [1.807, 2.05) is 0 Å². The highest BCUT2D eigenvalue weighted by Crippen LogP contribution is 2.34. The Bertz CT molecular complexity index is 489. The molecule has 0 radical (unpaired) electrons. The highest BCUT2D eigenvalue weighted by molar-refractivity contribution is 9.10. The number of carbonyl (C=O) groups excluding carboxylic acids is 1. The van der Waals surface area contributed by atoms with Crippen LogP contribution in [-0.2, 0) is 9.53 Å². The van der Waals surface area contributed by atoms with Crippen molar-refractivity contribution in [3.05, 3.63) is 32.3 Å². The van der Waals surface area contributed by atoms with E-state index in [0.29, 0.717) is 16.5 Å². The summed E-state index contributed by atoms with van der Waals surface area (Å²) in [5, 5.41) is 10.9. The van der Waals surface area contributed by atoms with Gasteiger partial charge in [-0.2, -0.15) is 0 Å². The average Bonchev–Trinajstić information content (AvgIpc) is 2.35. The zero-order chi connectivity index (χ0) is 14.4. The number of esters is 1. The monoisotopic (exact) mass is 331 g/mol. The lowest BCUT2D eigenvalue weighted by Gasteiger charge is -2.09. The molecular weight excluding hydrogens is 318 g/mol. The molecule has 0 heterocycles. The first kappa shape index (κ1) is 15.4. The fourth-order valence-electron chi connectivity index (χ4n) is 1.53. The fraction of sp³-hybridized carbons (Fsp3) is 0.417. The molecule has 0 saturated heterocycles. The standard InChI is InChI=1S/C12H14BrNO5/c1-8-6-9(13)7-10(14(16)17)12(8)19-5-3-4-11(15)18-2/h6-7H,3-5H2,1-2H3. The van der Waals surface area contributed by atoms with Crippen LogP contribution in [-0.4, -0.2) is 24.6 Å². The van der Waals surface area contributed by atoms with E-state index in [0.717, 1.165) is 0 Å². The van der Waals surface area contributed by atoms with Gasteiger partial charge in [-0.3, -0.25) is 14.9 Å². The highest BCUT2D eigenvalue weighted by atomic mass is 79.9. The SMILES string of the molecule is COC(=O)CCCOc1c(C)cc(Br)cc1[N+](=O)[O-]. The molecule has 0 aromatic heterocycles. The summed E-state index contributed by atoms with van der Waals surface area (Å²) in [6, 6.07) is 3.13. The number of hydrogen-bond donors (Lipinski definition) is 0. The van der Waals surface area contributed by atoms with E-state index in [1.54, 1.807) is 13.0 Å². The van der Waals surface area contributed by atoms with Crippen molar-refractivity contribution in [1.29, 1.82) is 0 Å². The minimum absolute atomic E-state index is 0.0926. The Morgan fingerprint density at radius 2 is 2.16 bits per heavy atom. The van der Waals surface area contributed by atoms with Gasteiger partial charge >= 0.3 is 11.7 Å². The van der Waals surface area contributed by atoms with E-state index in [9.17, 15) is 14.9 Å². The number of hydrogen-bond acceptors (Lipinski definition) is 5. The third kappa shape index (κ3) is 4.51. The second-order valence-electron chi connectivity index (χ2n) is 3.86. The summed E-state index contributed by atoms with van der Waals surface area (Å²) in [6.45, 7) is 1.95. The van der Waals surface area contributed by atoms with E-state index in [-0.39, 0.29) is 30.4 Å². The average molecular weight is 332 g/mol. The maximum Gasteiger partial charge on any atom is 0.312 e. The first-order valence-corrected chi connectivity index (χ1v) is 6.39. The van der Waals surface area contributed by atoms with Crippen LogP contribution in [0.15, 0.2) is 16.6 Å². The summed E-state index contributed by atoms with van der Waals surface area (Å²) in [4.78, 5) is 21.4. The molecule has 0 bridgehead atoms. The topological polar surface area (TPSA) is 78.7 Å². The molecule has 0 saturated carbocycles. The number of benzene rings is 1. The smallest absolute Gasteiger partial charge is 0.312 e. The summed E-state index contributed by atoms with van der Waals surface area (Å²) in [6.07, 6.45) is 0.666. The summed E-state index contributed by atoms with van der Waals surface area (Å²) in [5.74, 6) is -0.0938. The van der Waals surface area contributed by atoms with Crippen LogP contribution in [0.25, 0.3) is 0 Å². The minimum Gasteiger partial charge on any atom is -0.487 e. The van der Waals surface area contributed by atoms with Crippen LogP contribution in [0.4, 0.5) is 5.69 Å². The third-order valence-electron chi connectivity index (χ3n) is 2.42. The van der Waals surface area contributed by atoms with Crippen LogP contribution in [0.3, 0.4) is 0 Å². The molecule has 0 aliphatic carbocycles. The number of ether oxygens (including phenoxy) is 2. The van der Waals surface area contributed by atoms with Gasteiger partial charge in [0, 0.05) is 17.0 Å². The van der Waals surface area contributed by atoms with Crippen molar-refractivity contribution >= 4 is 27.6 Å². The van der Waals surface area contributed by atoms with Crippen molar-refractivity contribution in [2.45, 2.75) is 19.8 Å². The molecule has 6 nitrogen and oxygen atoms in total. The molecule has 0 aliphatic rings. The molecule has 7 heteroatoms. The van der Waals surface area contributed by atoms with E-state index in [2.05, 4.69) is 20.7 Å². The molecular formula is C12H14BrNO5. The van der Waals surface area contributed by atoms with Crippen molar-refractivity contribution in [1.82, 2.24) is 0 Å². The second-order valence-corrected chi connectivity index (χ2v) is 4.77. The fourth-order valence-corrected chi connectivity index (χ4v) is 2.09. The predicted molar refractivity (Wildman–Crippen MR) is 72.3 cm³/mol. The first-order chi connectivity index (χ1) is 8.95. The molecule has 0 unspecified atom stereocenters. The number of nitro benzene ring substituents is 1. The molecule has 0 fully saturated rings. The normalized spacial score (nSPS) is 10.1. The summed E-state index contributed by atoms with van der Waals surface area (Å²) in [7, 11) is 1.31. The minimum atomic E-state index is -0.493. The summed E-state index contributed by atoms with van der Waals surface area (Å²) < 4.78 is 10.5. The van der Waals surface area contributed by atoms with E-state index in [4.69, 9.17) is 4.74 Å². The maximum absolute atomic E-state index is 10.9. The van der Waals surface area contributed by atoms with Gasteiger partial charge in [-0.15, -0.1) is 0 Å². The van der Waals surface area contributed by atoms with Crippen LogP contribution >= 0.6 is 15.9 Å². The Kier molecular flexibility index (Phi) is 5.75. The van der Waals surface area contributed by atoms with Crippen molar-refractivity contribution in [3.63, 3.8) is 0 Å². The Balaban J connectivity index is 2.72. The van der Waals surface area contributed by atoms with Crippen LogP contribution in [0.2, 0.25) is 0 Å². The quantitative estimate of drug-likeness (QED) is 0.346. The van der Waals surface area contributed by atoms with Crippen LogP contribution in [0, 0.1) is 17.0 Å². The van der Waals surface area contributed by atoms with Gasteiger partial charge in [0.15, 0.2) is 5.75 Å². The van der Waals surface area contributed by atoms with E-state index < -0.39 is 4.92 Å². The highest BCUT2D eigenvalue weighted by Gasteiger charge is 2.18. The lowest BCUT2D eigenvalue weighted by atomic mass is 10.2. The molecule has 0 N–H and O–H groups in total. The zero-order valence-corrected chi connectivity index (χ0v) is 12.2. The van der Waals surface area contributed by atoms with Crippen molar-refractivity contribution in [2.75, 3.05) is 13.7 Å². The Morgan fingerprint density at radius 1 is 1.47 bits per heavy atom. The van der Waals surface area contributed by atoms with Gasteiger partial charge < -0.3 is 9.47 Å². The molecule has 0 atom stereocenters. The van der Waals surface area contributed by atoms with Crippen molar-refractivity contribution in [3.8, 4) is 5.75 Å². The van der Waals surface area contributed by atoms with Crippen molar-refractivity contribution < 1.29 is 19.2 Å². The molecule has 1 aromatic rings. The maximum atomic E-state index is 10.9. The lowest BCUT2D eigenvalue weighted by Crippen LogP contribution is -2.06. The predicted octanol–water partition coefficient (Wildman–Crippen LogP) is 3.00. The molecule has 0 aliphatic heterocycles. The zero-order valence-electron chi connectivity index (χ0n) is 10.6. The Hall–Kier alpha value is -1.63. The van der Waals surface area contributed by atoms with Crippen LogP contribution in [0.1, 0.15) is 18.4 Å². The third-order valence-corrected chi connectivity index (χ3v) is 2.87. The molecule has 104 valence electrons. The molecule has 1 rings (SSSR count). The number of nitro groups is 1. The van der Waals surface area contributed by atoms with Gasteiger partial charge in [0.05, 0.1) is 18.6 Å². The number of aryl methyl sites for hydroxylation is 1. The van der Waals surface area contributed by atoms with Gasteiger partial charge in [0.2, 0.25) is 0 Å². The van der Waals surface area contributed by atoms with Gasteiger partial charge in [-0.1, -0.05) is 15.9 Å². The van der Waals surface area contributed by atoms with E-state index >= 15 is 0 Å². The van der Waals surface area contributed by atoms with Gasteiger partial charge in [-0.05, 0) is 25.0 Å². The lowest BCUT2D eigenvalue weighted by molar-refractivity contribution is -0.386. The summed E-state index contributed by atoms with van der Waals surface area (Å²) >= 11 is 3.20. The Labute approximate surface area is 119 Å². The second kappa shape index (κ2) is 7.08. The van der Waals surface area contributed by atoms with Crippen molar-refractivity contribution in [2.24, 2.45) is 0 Å². The molecule has 0 spiro atoms. The van der Waals surface area contributed by atoms with Gasteiger partial charge in [0.1, 0.15) is 0 Å². The number of carbonyl (C=O) groups is 1. The molecule has 19 heavy (non-hydrogen) atoms. The van der Waals surface area contributed by atoms with E-state index in [1.165, 1.54) is 13.2 Å². The largest absolute Gasteiger partial charge is 0.487 e. The number of nitrogens with zero attached hydrogens (tertiary/aromatic N) is 1. The van der Waals surface area contributed by atoms with Gasteiger partial charge in [0.25, 0.3) is 0 Å². The van der Waals surface area contributed by atoms with Crippen LogP contribution in [0.5, 0.6) is 5.75 Å². The van der Waals surface area contributed by atoms with Crippen LogP contribution < -0.4 is 4.74 Å². The Morgan fingerprint density at radius 3 is 2.74 bits per heavy atom. The van der Waals surface area contributed by atoms with Gasteiger partial charge in [-0.25, -0.2) is 0 Å². The first-order valence-electron chi connectivity index (χ1n) is 5.60. The number of methoxy groups -OCH3 is 1. The number of halogens is 1. The molecule has 1 aromatic carbocycles. The summed E-state index contributed by atoms with van der Waals surface area (Å²) in [5.41, 5.74) is 0.573.